The van der Waals surface area contributed by atoms with Gasteiger partial charge < -0.3 is 15.5 Å². The van der Waals surface area contributed by atoms with Gasteiger partial charge in [-0.2, -0.15) is 0 Å². The predicted molar refractivity (Wildman–Crippen MR) is 109 cm³/mol. The zero-order valence-corrected chi connectivity index (χ0v) is 16.9. The van der Waals surface area contributed by atoms with E-state index in [1.54, 1.807) is 0 Å². The highest BCUT2D eigenvalue weighted by atomic mass is 32.1. The van der Waals surface area contributed by atoms with Crippen LogP contribution in [0.1, 0.15) is 47.2 Å². The molecule has 2 saturated heterocycles. The van der Waals surface area contributed by atoms with Crippen molar-refractivity contribution >= 4 is 23.2 Å². The first kappa shape index (κ1) is 19.1. The number of thiazole rings is 1. The summed E-state index contributed by atoms with van der Waals surface area (Å²) >= 11 is 1.54. The Bertz CT molecular complexity index is 845. The van der Waals surface area contributed by atoms with E-state index in [0.29, 0.717) is 12.2 Å². The average Bonchev–Trinajstić information content (AvgIpc) is 3.27. The van der Waals surface area contributed by atoms with Crippen LogP contribution in [0.3, 0.4) is 0 Å². The molecule has 1 spiro atoms. The molecule has 1 aromatic carbocycles. The van der Waals surface area contributed by atoms with Crippen molar-refractivity contribution in [3.8, 4) is 0 Å². The number of amides is 2. The number of hydrogen-bond donors (Lipinski definition) is 2. The summed E-state index contributed by atoms with van der Waals surface area (Å²) in [6.45, 7) is 3.89. The van der Waals surface area contributed by atoms with Crippen molar-refractivity contribution in [3.63, 3.8) is 0 Å². The standard InChI is InChI=1S/C21H26N4O2S/c1-15(26)23-17-12-21(7-9-22-10-8-21)25(13-17)20(27)18-14-28-19(24-18)11-16-5-3-2-4-6-16/h2-6,14,17,22H,7-13H2,1H3,(H,23,26)/t17-/m1/s1. The van der Waals surface area contributed by atoms with Crippen LogP contribution < -0.4 is 10.6 Å². The second-order valence-corrected chi connectivity index (χ2v) is 8.72. The van der Waals surface area contributed by atoms with Gasteiger partial charge in [0.2, 0.25) is 5.91 Å². The lowest BCUT2D eigenvalue weighted by atomic mass is 9.84. The fourth-order valence-electron chi connectivity index (χ4n) is 4.50. The molecular weight excluding hydrogens is 372 g/mol. The second kappa shape index (κ2) is 8.01. The Kier molecular flexibility index (Phi) is 5.46. The van der Waals surface area contributed by atoms with Crippen LogP contribution in [0.4, 0.5) is 0 Å². The molecule has 0 aliphatic carbocycles. The van der Waals surface area contributed by atoms with E-state index < -0.39 is 0 Å². The van der Waals surface area contributed by atoms with Crippen LogP contribution in [0.15, 0.2) is 35.7 Å². The third-order valence-corrected chi connectivity index (χ3v) is 6.61. The highest BCUT2D eigenvalue weighted by Crippen LogP contribution is 2.38. The van der Waals surface area contributed by atoms with E-state index in [9.17, 15) is 9.59 Å². The number of carbonyl (C=O) groups is 2. The Morgan fingerprint density at radius 3 is 2.75 bits per heavy atom. The Morgan fingerprint density at radius 2 is 2.04 bits per heavy atom. The molecule has 4 rings (SSSR count). The first-order valence-electron chi connectivity index (χ1n) is 9.84. The topological polar surface area (TPSA) is 74.3 Å². The molecule has 2 N–H and O–H groups in total. The maximum atomic E-state index is 13.4. The van der Waals surface area contributed by atoms with Crippen LogP contribution in [0.5, 0.6) is 0 Å². The SMILES string of the molecule is CC(=O)N[C@H]1CN(C(=O)c2csc(Cc3ccccc3)n2)C2(CCNCC2)C1. The van der Waals surface area contributed by atoms with Crippen molar-refractivity contribution in [2.45, 2.75) is 44.2 Å². The molecule has 6 nitrogen and oxygen atoms in total. The van der Waals surface area contributed by atoms with Gasteiger partial charge in [0.15, 0.2) is 0 Å². The van der Waals surface area contributed by atoms with Crippen LogP contribution in [0.25, 0.3) is 0 Å². The minimum absolute atomic E-state index is 0.00897. The Labute approximate surface area is 169 Å². The van der Waals surface area contributed by atoms with Gasteiger partial charge in [0, 0.05) is 36.9 Å². The van der Waals surface area contributed by atoms with E-state index >= 15 is 0 Å². The number of carbonyl (C=O) groups excluding carboxylic acids is 2. The second-order valence-electron chi connectivity index (χ2n) is 7.78. The zero-order valence-electron chi connectivity index (χ0n) is 16.1. The van der Waals surface area contributed by atoms with Gasteiger partial charge in [-0.3, -0.25) is 9.59 Å². The van der Waals surface area contributed by atoms with Crippen molar-refractivity contribution < 1.29 is 9.59 Å². The maximum Gasteiger partial charge on any atom is 0.273 e. The molecule has 0 unspecified atom stereocenters. The van der Waals surface area contributed by atoms with Crippen molar-refractivity contribution in [3.05, 3.63) is 52.0 Å². The predicted octanol–water partition coefficient (Wildman–Crippen LogP) is 2.21. The Balaban J connectivity index is 1.53. The largest absolute Gasteiger partial charge is 0.352 e. The lowest BCUT2D eigenvalue weighted by Gasteiger charge is -2.41. The van der Waals surface area contributed by atoms with E-state index in [1.807, 2.05) is 28.5 Å². The maximum absolute atomic E-state index is 13.4. The third-order valence-electron chi connectivity index (χ3n) is 5.76. The van der Waals surface area contributed by atoms with E-state index in [1.165, 1.54) is 23.8 Å². The van der Waals surface area contributed by atoms with Crippen LogP contribution in [-0.2, 0) is 11.2 Å². The summed E-state index contributed by atoms with van der Waals surface area (Å²) in [5, 5.41) is 9.23. The van der Waals surface area contributed by atoms with Crippen LogP contribution in [0, 0.1) is 0 Å². The molecule has 0 bridgehead atoms. The van der Waals surface area contributed by atoms with Crippen LogP contribution in [0.2, 0.25) is 0 Å². The molecule has 2 fully saturated rings. The zero-order chi connectivity index (χ0) is 19.6. The number of nitrogens with one attached hydrogen (secondary N) is 2. The molecule has 3 heterocycles. The van der Waals surface area contributed by atoms with Gasteiger partial charge in [0.25, 0.3) is 5.91 Å². The molecule has 2 aliphatic rings. The van der Waals surface area contributed by atoms with Gasteiger partial charge in [0.1, 0.15) is 5.69 Å². The lowest BCUT2D eigenvalue weighted by molar-refractivity contribution is -0.119. The van der Waals surface area contributed by atoms with Gasteiger partial charge in [-0.05, 0) is 37.9 Å². The number of rotatable bonds is 4. The number of piperidine rings is 1. The third kappa shape index (κ3) is 3.95. The van der Waals surface area contributed by atoms with Crippen molar-refractivity contribution in [2.75, 3.05) is 19.6 Å². The van der Waals surface area contributed by atoms with E-state index in [0.717, 1.165) is 43.8 Å². The Morgan fingerprint density at radius 1 is 1.29 bits per heavy atom. The molecule has 7 heteroatoms. The molecule has 0 radical (unpaired) electrons. The minimum atomic E-state index is -0.182. The van der Waals surface area contributed by atoms with E-state index in [-0.39, 0.29) is 23.4 Å². The van der Waals surface area contributed by atoms with Gasteiger partial charge in [-0.1, -0.05) is 30.3 Å². The molecule has 2 aliphatic heterocycles. The normalized spacial score (nSPS) is 21.0. The quantitative estimate of drug-likeness (QED) is 0.828. The number of benzene rings is 1. The molecule has 2 amide bonds. The molecule has 2 aromatic rings. The van der Waals surface area contributed by atoms with E-state index in [4.69, 9.17) is 0 Å². The summed E-state index contributed by atoms with van der Waals surface area (Å²) in [6.07, 6.45) is 3.38. The molecule has 148 valence electrons. The summed E-state index contributed by atoms with van der Waals surface area (Å²) in [5.74, 6) is -0.0486. The smallest absolute Gasteiger partial charge is 0.273 e. The highest BCUT2D eigenvalue weighted by Gasteiger charge is 2.48. The number of hydrogen-bond acceptors (Lipinski definition) is 5. The molecule has 1 atom stereocenters. The molecular formula is C21H26N4O2S. The van der Waals surface area contributed by atoms with Crippen molar-refractivity contribution in [2.24, 2.45) is 0 Å². The van der Waals surface area contributed by atoms with Gasteiger partial charge in [-0.25, -0.2) is 4.98 Å². The summed E-state index contributed by atoms with van der Waals surface area (Å²) in [7, 11) is 0. The minimum Gasteiger partial charge on any atom is -0.352 e. The average molecular weight is 399 g/mol. The monoisotopic (exact) mass is 398 g/mol. The number of nitrogens with zero attached hydrogens (tertiary/aromatic N) is 2. The van der Waals surface area contributed by atoms with Gasteiger partial charge >= 0.3 is 0 Å². The van der Waals surface area contributed by atoms with Gasteiger partial charge in [0.05, 0.1) is 5.01 Å². The summed E-state index contributed by atoms with van der Waals surface area (Å²) in [6, 6.07) is 10.2. The van der Waals surface area contributed by atoms with Gasteiger partial charge in [-0.15, -0.1) is 11.3 Å². The summed E-state index contributed by atoms with van der Waals surface area (Å²) in [5.41, 5.74) is 1.54. The lowest BCUT2D eigenvalue weighted by Crippen LogP contribution is -2.53. The summed E-state index contributed by atoms with van der Waals surface area (Å²) < 4.78 is 0. The number of likely N-dealkylation sites (tertiary alicyclic amines) is 1. The fourth-order valence-corrected chi connectivity index (χ4v) is 5.30. The van der Waals surface area contributed by atoms with Crippen molar-refractivity contribution in [1.29, 1.82) is 0 Å². The molecule has 0 saturated carbocycles. The number of aromatic nitrogens is 1. The molecule has 1 aromatic heterocycles. The first-order valence-corrected chi connectivity index (χ1v) is 10.7. The van der Waals surface area contributed by atoms with Crippen molar-refractivity contribution in [1.82, 2.24) is 20.5 Å². The fraction of sp³-hybridized carbons (Fsp3) is 0.476. The van der Waals surface area contributed by atoms with Crippen LogP contribution in [-0.4, -0.2) is 52.9 Å². The first-order chi connectivity index (χ1) is 13.6. The summed E-state index contributed by atoms with van der Waals surface area (Å²) in [4.78, 5) is 31.5. The highest BCUT2D eigenvalue weighted by molar-refractivity contribution is 7.09. The Hall–Kier alpha value is -2.25. The van der Waals surface area contributed by atoms with E-state index in [2.05, 4.69) is 27.8 Å². The van der Waals surface area contributed by atoms with Crippen LogP contribution >= 0.6 is 11.3 Å². The molecule has 28 heavy (non-hydrogen) atoms.